The Morgan fingerprint density at radius 2 is 1.23 bits per heavy atom. The molecule has 3 aromatic rings. The lowest BCUT2D eigenvalue weighted by molar-refractivity contribution is -0.384. The summed E-state index contributed by atoms with van der Waals surface area (Å²) in [6.07, 6.45) is 0. The topological polar surface area (TPSA) is 130 Å². The third-order valence-electron chi connectivity index (χ3n) is 4.05. The molecular formula is C21H16N4O5. The number of carbonyl (C=O) groups excluding carboxylic acids is 3. The van der Waals surface area contributed by atoms with Crippen LogP contribution in [-0.2, 0) is 0 Å². The zero-order valence-corrected chi connectivity index (χ0v) is 15.5. The van der Waals surface area contributed by atoms with Gasteiger partial charge in [-0.05, 0) is 42.5 Å². The summed E-state index contributed by atoms with van der Waals surface area (Å²) >= 11 is 0. The van der Waals surface area contributed by atoms with E-state index in [9.17, 15) is 24.5 Å². The number of nitrogens with zero attached hydrogens (tertiary/aromatic N) is 1. The van der Waals surface area contributed by atoms with E-state index in [1.54, 1.807) is 36.4 Å². The number of amides is 3. The van der Waals surface area contributed by atoms with Crippen LogP contribution < -0.4 is 16.2 Å². The highest BCUT2D eigenvalue weighted by Gasteiger charge is 2.13. The van der Waals surface area contributed by atoms with E-state index < -0.39 is 16.7 Å². The van der Waals surface area contributed by atoms with Gasteiger partial charge in [0.1, 0.15) is 0 Å². The predicted octanol–water partition coefficient (Wildman–Crippen LogP) is 2.92. The van der Waals surface area contributed by atoms with Gasteiger partial charge >= 0.3 is 0 Å². The Bertz CT molecular complexity index is 1100. The Morgan fingerprint density at radius 1 is 0.667 bits per heavy atom. The lowest BCUT2D eigenvalue weighted by Gasteiger charge is -2.09. The minimum Gasteiger partial charge on any atom is -0.322 e. The normalized spacial score (nSPS) is 10.0. The van der Waals surface area contributed by atoms with Crippen LogP contribution in [0.4, 0.5) is 11.4 Å². The minimum atomic E-state index is -0.696. The molecule has 0 radical (unpaired) electrons. The highest BCUT2D eigenvalue weighted by molar-refractivity contribution is 6.04. The van der Waals surface area contributed by atoms with Crippen molar-refractivity contribution in [1.82, 2.24) is 10.9 Å². The summed E-state index contributed by atoms with van der Waals surface area (Å²) in [6, 6.07) is 19.9. The van der Waals surface area contributed by atoms with E-state index in [1.807, 2.05) is 6.07 Å². The van der Waals surface area contributed by atoms with Crippen molar-refractivity contribution in [1.29, 1.82) is 0 Å². The molecule has 0 bridgehead atoms. The first-order valence-electron chi connectivity index (χ1n) is 8.75. The van der Waals surface area contributed by atoms with Gasteiger partial charge in [-0.3, -0.25) is 35.3 Å². The zero-order valence-electron chi connectivity index (χ0n) is 15.5. The Hall–Kier alpha value is -4.53. The summed E-state index contributed by atoms with van der Waals surface area (Å²) in [6.45, 7) is 0. The average Bonchev–Trinajstić information content (AvgIpc) is 2.78. The second kappa shape index (κ2) is 9.11. The van der Waals surface area contributed by atoms with Gasteiger partial charge in [-0.15, -0.1) is 0 Å². The Morgan fingerprint density at radius 3 is 1.87 bits per heavy atom. The predicted molar refractivity (Wildman–Crippen MR) is 109 cm³/mol. The van der Waals surface area contributed by atoms with E-state index in [1.165, 1.54) is 30.3 Å². The molecule has 3 amide bonds. The Balaban J connectivity index is 1.57. The third kappa shape index (κ3) is 5.04. The van der Waals surface area contributed by atoms with Crippen LogP contribution in [0.1, 0.15) is 31.1 Å². The molecule has 0 fully saturated rings. The van der Waals surface area contributed by atoms with Gasteiger partial charge in [0.05, 0.1) is 4.92 Å². The first kappa shape index (κ1) is 20.2. The second-order valence-electron chi connectivity index (χ2n) is 6.11. The number of carbonyl (C=O) groups is 3. The Kier molecular flexibility index (Phi) is 6.14. The number of hydrazine groups is 1. The van der Waals surface area contributed by atoms with Crippen LogP contribution >= 0.6 is 0 Å². The van der Waals surface area contributed by atoms with Crippen molar-refractivity contribution in [2.75, 3.05) is 5.32 Å². The van der Waals surface area contributed by atoms with Crippen molar-refractivity contribution in [3.8, 4) is 0 Å². The molecule has 0 spiro atoms. The fraction of sp³-hybridized carbons (Fsp3) is 0. The van der Waals surface area contributed by atoms with Gasteiger partial charge < -0.3 is 5.32 Å². The maximum atomic E-state index is 12.2. The van der Waals surface area contributed by atoms with E-state index in [0.717, 1.165) is 6.07 Å². The van der Waals surface area contributed by atoms with Crippen LogP contribution in [0, 0.1) is 10.1 Å². The summed E-state index contributed by atoms with van der Waals surface area (Å²) in [5.74, 6) is -1.56. The number of rotatable bonds is 5. The number of nitro benzene ring substituents is 1. The monoisotopic (exact) mass is 404 g/mol. The van der Waals surface area contributed by atoms with Crippen molar-refractivity contribution >= 4 is 29.1 Å². The zero-order chi connectivity index (χ0) is 21.5. The molecule has 0 atom stereocenters. The minimum absolute atomic E-state index is 0.0310. The van der Waals surface area contributed by atoms with E-state index in [2.05, 4.69) is 16.2 Å². The fourth-order valence-corrected chi connectivity index (χ4v) is 2.52. The van der Waals surface area contributed by atoms with Crippen molar-refractivity contribution in [2.45, 2.75) is 0 Å². The van der Waals surface area contributed by atoms with Crippen LogP contribution in [0.25, 0.3) is 0 Å². The first-order valence-corrected chi connectivity index (χ1v) is 8.75. The smallest absolute Gasteiger partial charge is 0.270 e. The van der Waals surface area contributed by atoms with Crippen molar-refractivity contribution < 1.29 is 19.3 Å². The van der Waals surface area contributed by atoms with Gasteiger partial charge in [-0.2, -0.15) is 0 Å². The first-order chi connectivity index (χ1) is 14.4. The number of benzene rings is 3. The highest BCUT2D eigenvalue weighted by Crippen LogP contribution is 2.13. The van der Waals surface area contributed by atoms with E-state index in [4.69, 9.17) is 0 Å². The molecule has 0 aliphatic rings. The highest BCUT2D eigenvalue weighted by atomic mass is 16.6. The number of non-ortho nitro benzene ring substituents is 1. The molecule has 0 saturated carbocycles. The molecule has 0 aromatic heterocycles. The van der Waals surface area contributed by atoms with Crippen LogP contribution in [0.15, 0.2) is 78.9 Å². The molecule has 0 unspecified atom stereocenters. The number of hydrogen-bond donors (Lipinski definition) is 3. The van der Waals surface area contributed by atoms with Gasteiger partial charge in [-0.25, -0.2) is 0 Å². The van der Waals surface area contributed by atoms with Crippen LogP contribution in [0.2, 0.25) is 0 Å². The molecule has 0 aliphatic carbocycles. The molecular weight excluding hydrogens is 388 g/mol. The molecule has 0 saturated heterocycles. The van der Waals surface area contributed by atoms with Gasteiger partial charge in [0.25, 0.3) is 23.4 Å². The quantitative estimate of drug-likeness (QED) is 0.445. The van der Waals surface area contributed by atoms with Gasteiger partial charge in [0.2, 0.25) is 0 Å². The number of nitro groups is 1. The molecule has 9 heteroatoms. The summed E-state index contributed by atoms with van der Waals surface area (Å²) in [5, 5.41) is 13.5. The molecule has 3 aromatic carbocycles. The third-order valence-corrected chi connectivity index (χ3v) is 4.05. The summed E-state index contributed by atoms with van der Waals surface area (Å²) < 4.78 is 0. The molecule has 3 rings (SSSR count). The summed E-state index contributed by atoms with van der Waals surface area (Å²) in [4.78, 5) is 46.6. The summed E-state index contributed by atoms with van der Waals surface area (Å²) in [5.41, 5.74) is 5.48. The second-order valence-corrected chi connectivity index (χ2v) is 6.11. The van der Waals surface area contributed by atoms with Gasteiger partial charge in [-0.1, -0.05) is 24.3 Å². The maximum absolute atomic E-state index is 12.2. The van der Waals surface area contributed by atoms with Crippen molar-refractivity contribution in [3.05, 3.63) is 106 Å². The number of anilines is 1. The average molecular weight is 404 g/mol. The van der Waals surface area contributed by atoms with Crippen LogP contribution in [0.3, 0.4) is 0 Å². The van der Waals surface area contributed by atoms with Crippen molar-refractivity contribution in [3.63, 3.8) is 0 Å². The van der Waals surface area contributed by atoms with Gasteiger partial charge in [0, 0.05) is 34.5 Å². The van der Waals surface area contributed by atoms with Crippen molar-refractivity contribution in [2.24, 2.45) is 0 Å². The lowest BCUT2D eigenvalue weighted by atomic mass is 10.1. The van der Waals surface area contributed by atoms with E-state index in [-0.39, 0.29) is 22.7 Å². The van der Waals surface area contributed by atoms with Crippen LogP contribution in [0.5, 0.6) is 0 Å². The van der Waals surface area contributed by atoms with E-state index in [0.29, 0.717) is 11.3 Å². The molecule has 3 N–H and O–H groups in total. The SMILES string of the molecule is O=C(NNC(=O)c1cccc([N+](=O)[O-])c1)c1ccc(NC(=O)c2ccccc2)cc1. The number of hydrogen-bond acceptors (Lipinski definition) is 5. The number of nitrogens with one attached hydrogen (secondary N) is 3. The molecule has 9 nitrogen and oxygen atoms in total. The maximum Gasteiger partial charge on any atom is 0.270 e. The molecule has 0 heterocycles. The molecule has 30 heavy (non-hydrogen) atoms. The van der Waals surface area contributed by atoms with E-state index >= 15 is 0 Å². The van der Waals surface area contributed by atoms with Crippen LogP contribution in [-0.4, -0.2) is 22.6 Å². The molecule has 0 aliphatic heterocycles. The molecule has 150 valence electrons. The fourth-order valence-electron chi connectivity index (χ4n) is 2.52. The Labute approximate surface area is 170 Å². The summed E-state index contributed by atoms with van der Waals surface area (Å²) in [7, 11) is 0. The van der Waals surface area contributed by atoms with Gasteiger partial charge in [0.15, 0.2) is 0 Å². The standard InChI is InChI=1S/C21H16N4O5/c26-19(14-5-2-1-3-6-14)22-17-11-9-15(10-12-17)20(27)23-24-21(28)16-7-4-8-18(13-16)25(29)30/h1-13H,(H,22,26)(H,23,27)(H,24,28). The lowest BCUT2D eigenvalue weighted by Crippen LogP contribution is -2.41. The largest absolute Gasteiger partial charge is 0.322 e.